The number of hydrogen-bond acceptors (Lipinski definition) is 17. The minimum absolute atomic E-state index is 0.0781. The number of methoxy groups -OCH3 is 2. The molecule has 0 bridgehead atoms. The molecule has 306 valence electrons. The third-order valence-corrected chi connectivity index (χ3v) is 8.37. The molecule has 0 saturated heterocycles. The number of azo groups is 3. The number of carbonyl (C=O) groups is 5. The first kappa shape index (κ1) is 46.3. The van der Waals surface area contributed by atoms with Gasteiger partial charge in [-0.2, -0.15) is 5.11 Å². The van der Waals surface area contributed by atoms with Crippen molar-refractivity contribution in [3.63, 3.8) is 0 Å². The summed E-state index contributed by atoms with van der Waals surface area (Å²) < 4.78 is 9.24. The van der Waals surface area contributed by atoms with Crippen LogP contribution in [0.25, 0.3) is 0 Å². The van der Waals surface area contributed by atoms with Gasteiger partial charge in [0, 0.05) is 12.5 Å². The number of hydrogen-bond donors (Lipinski definition) is 3. The maximum absolute atomic E-state index is 12.2. The Balaban J connectivity index is 0.000000243. The molecule has 0 unspecified atom stereocenters. The van der Waals surface area contributed by atoms with Gasteiger partial charge >= 0.3 is 11.9 Å². The monoisotopic (exact) mass is 830 g/mol. The zero-order valence-corrected chi connectivity index (χ0v) is 33.4. The zero-order chi connectivity index (χ0) is 43.9. The second-order valence-corrected chi connectivity index (χ2v) is 12.5. The Labute approximate surface area is 347 Å². The number of Topliss-reactive ketones (excluding diaryl/α,β-unsaturated/α-hetero) is 3. The Bertz CT molecular complexity index is 2460. The Hall–Kier alpha value is -8.05. The second-order valence-electron chi connectivity index (χ2n) is 11.5. The zero-order valence-electron chi connectivity index (χ0n) is 32.6. The topological polar surface area (TPSA) is 239 Å². The smallest absolute Gasteiger partial charge is 0.340 e. The van der Waals surface area contributed by atoms with Crippen molar-refractivity contribution in [2.45, 2.75) is 13.8 Å². The lowest BCUT2D eigenvalue weighted by Gasteiger charge is -2.02. The van der Waals surface area contributed by atoms with E-state index >= 15 is 0 Å². The number of aliphatic hydroxyl groups is 3. The van der Waals surface area contributed by atoms with E-state index in [1.54, 1.807) is 90.3 Å². The first-order chi connectivity index (χ1) is 29.0. The SMILES string of the molecule is COC(=O)c1ccccc1N=NC(=CO)C(=O)c1ccccc1.COC(=O)c1ccccc1N=NC(=CO)C(C)=O.Cc1ccccc1N=NC(=CO)C(=O)c1cccs1. The van der Waals surface area contributed by atoms with Crippen molar-refractivity contribution in [3.05, 3.63) is 184 Å². The van der Waals surface area contributed by atoms with Crippen LogP contribution in [0.5, 0.6) is 0 Å². The molecule has 0 aliphatic heterocycles. The van der Waals surface area contributed by atoms with Crippen LogP contribution in [-0.4, -0.2) is 58.8 Å². The van der Waals surface area contributed by atoms with E-state index in [0.717, 1.165) is 5.56 Å². The highest BCUT2D eigenvalue weighted by Crippen LogP contribution is 2.24. The fourth-order valence-electron chi connectivity index (χ4n) is 4.40. The summed E-state index contributed by atoms with van der Waals surface area (Å²) in [7, 11) is 2.51. The molecule has 0 atom stereocenters. The van der Waals surface area contributed by atoms with Gasteiger partial charge < -0.3 is 24.8 Å². The van der Waals surface area contributed by atoms with E-state index in [4.69, 9.17) is 10.2 Å². The number of carbonyl (C=O) groups excluding carboxylic acids is 5. The number of rotatable bonds is 13. The molecular formula is C43H38N6O10S. The van der Waals surface area contributed by atoms with Gasteiger partial charge in [0.1, 0.15) is 30.2 Å². The van der Waals surface area contributed by atoms with Crippen molar-refractivity contribution in [2.24, 2.45) is 30.7 Å². The molecule has 17 heteroatoms. The third-order valence-electron chi connectivity index (χ3n) is 7.50. The number of benzene rings is 4. The van der Waals surface area contributed by atoms with Crippen LogP contribution in [-0.2, 0) is 14.3 Å². The largest absolute Gasteiger partial charge is 0.513 e. The number of aliphatic hydroxyl groups excluding tert-OH is 3. The minimum atomic E-state index is -0.566. The van der Waals surface area contributed by atoms with Crippen LogP contribution in [0.2, 0.25) is 0 Å². The van der Waals surface area contributed by atoms with Crippen LogP contribution in [0.15, 0.2) is 187 Å². The normalized spacial score (nSPS) is 11.6. The lowest BCUT2D eigenvalue weighted by atomic mass is 10.1. The summed E-state index contributed by atoms with van der Waals surface area (Å²) in [5.41, 5.74) is 2.40. The van der Waals surface area contributed by atoms with Gasteiger partial charge in [0.15, 0.2) is 22.9 Å². The average molecular weight is 831 g/mol. The minimum Gasteiger partial charge on any atom is -0.513 e. The molecule has 60 heavy (non-hydrogen) atoms. The van der Waals surface area contributed by atoms with Crippen LogP contribution in [0.3, 0.4) is 0 Å². The van der Waals surface area contributed by atoms with Crippen molar-refractivity contribution < 1.29 is 48.8 Å². The van der Waals surface area contributed by atoms with Gasteiger partial charge in [-0.15, -0.1) is 36.9 Å². The van der Waals surface area contributed by atoms with E-state index in [1.807, 2.05) is 25.1 Å². The molecule has 4 aromatic carbocycles. The van der Waals surface area contributed by atoms with E-state index < -0.39 is 23.5 Å². The van der Waals surface area contributed by atoms with Gasteiger partial charge in [-0.05, 0) is 54.3 Å². The molecule has 1 heterocycles. The Morgan fingerprint density at radius 3 is 1.42 bits per heavy atom. The fraction of sp³-hybridized carbons (Fsp3) is 0.0930. The number of nitrogens with zero attached hydrogens (tertiary/aromatic N) is 6. The molecule has 16 nitrogen and oxygen atoms in total. The van der Waals surface area contributed by atoms with E-state index in [9.17, 15) is 29.1 Å². The number of ketones is 3. The maximum atomic E-state index is 12.2. The lowest BCUT2D eigenvalue weighted by molar-refractivity contribution is -0.113. The van der Waals surface area contributed by atoms with Gasteiger partial charge in [0.05, 0.1) is 35.9 Å². The fourth-order valence-corrected chi connectivity index (χ4v) is 5.08. The molecule has 0 spiro atoms. The van der Waals surface area contributed by atoms with Crippen LogP contribution in [0, 0.1) is 6.92 Å². The highest BCUT2D eigenvalue weighted by molar-refractivity contribution is 7.12. The van der Waals surface area contributed by atoms with E-state index in [1.165, 1.54) is 44.6 Å². The summed E-state index contributed by atoms with van der Waals surface area (Å²) in [5.74, 6) is -2.37. The van der Waals surface area contributed by atoms with Crippen LogP contribution >= 0.6 is 11.3 Å². The predicted molar refractivity (Wildman–Crippen MR) is 223 cm³/mol. The van der Waals surface area contributed by atoms with Gasteiger partial charge in [0.25, 0.3) is 0 Å². The molecule has 0 aliphatic rings. The van der Waals surface area contributed by atoms with E-state index in [2.05, 4.69) is 40.2 Å². The van der Waals surface area contributed by atoms with Crippen LogP contribution < -0.4 is 0 Å². The number of aryl methyl sites for hydroxylation is 1. The van der Waals surface area contributed by atoms with Crippen LogP contribution in [0.1, 0.15) is 53.2 Å². The molecule has 0 fully saturated rings. The standard InChI is InChI=1S/C17H14N2O4.C14H12N2O2S.C12H12N2O4/c1-23-17(22)13-9-5-6-10-14(13)18-19-15(11-20)16(21)12-7-3-2-4-8-12;1-10-5-2-3-6-11(10)15-16-12(9-17)14(18)13-7-4-8-19-13;1-8(16)11(7-15)14-13-10-6-4-3-5-9(10)12(17)18-2/h2-11,20H,1H3;2-9,17H,1H3;3-7,15H,1-2H3. The second kappa shape index (κ2) is 24.6. The molecule has 5 aromatic rings. The van der Waals surface area contributed by atoms with E-state index in [-0.39, 0.29) is 45.4 Å². The average Bonchev–Trinajstić information content (AvgIpc) is 3.83. The van der Waals surface area contributed by atoms with Crippen molar-refractivity contribution in [3.8, 4) is 0 Å². The molecule has 0 radical (unpaired) electrons. The predicted octanol–water partition coefficient (Wildman–Crippen LogP) is 10.8. The van der Waals surface area contributed by atoms with Crippen LogP contribution in [0.4, 0.5) is 17.1 Å². The highest BCUT2D eigenvalue weighted by Gasteiger charge is 2.15. The quantitative estimate of drug-likeness (QED) is 0.0333. The first-order valence-corrected chi connectivity index (χ1v) is 18.2. The molecule has 3 N–H and O–H groups in total. The van der Waals surface area contributed by atoms with E-state index in [0.29, 0.717) is 34.9 Å². The van der Waals surface area contributed by atoms with Crippen molar-refractivity contribution in [2.75, 3.05) is 14.2 Å². The Kier molecular flexibility index (Phi) is 19.0. The summed E-state index contributed by atoms with van der Waals surface area (Å²) in [6.45, 7) is 3.14. The van der Waals surface area contributed by atoms with Gasteiger partial charge in [-0.3, -0.25) is 14.4 Å². The summed E-state index contributed by atoms with van der Waals surface area (Å²) in [6.07, 6.45) is 1.83. The molecule has 1 aromatic heterocycles. The number of allylic oxidation sites excluding steroid dienone is 3. The Morgan fingerprint density at radius 2 is 0.967 bits per heavy atom. The molecule has 5 rings (SSSR count). The van der Waals surface area contributed by atoms with Gasteiger partial charge in [-0.1, -0.05) is 78.9 Å². The van der Waals surface area contributed by atoms with Crippen molar-refractivity contribution >= 4 is 57.7 Å². The maximum Gasteiger partial charge on any atom is 0.340 e. The first-order valence-electron chi connectivity index (χ1n) is 17.4. The number of esters is 2. The van der Waals surface area contributed by atoms with Crippen molar-refractivity contribution in [1.29, 1.82) is 0 Å². The van der Waals surface area contributed by atoms with Crippen molar-refractivity contribution in [1.82, 2.24) is 0 Å². The number of ether oxygens (including phenoxy) is 2. The molecule has 0 aliphatic carbocycles. The Morgan fingerprint density at radius 1 is 0.533 bits per heavy atom. The highest BCUT2D eigenvalue weighted by atomic mass is 32.1. The molecular weight excluding hydrogens is 793 g/mol. The van der Waals surface area contributed by atoms with Gasteiger partial charge in [-0.25, -0.2) is 9.59 Å². The summed E-state index contributed by atoms with van der Waals surface area (Å²) in [6, 6.07) is 32.0. The van der Waals surface area contributed by atoms with Gasteiger partial charge in [0.2, 0.25) is 11.6 Å². The lowest BCUT2D eigenvalue weighted by Crippen LogP contribution is -2.02. The molecule has 0 amide bonds. The third kappa shape index (κ3) is 13.9. The summed E-state index contributed by atoms with van der Waals surface area (Å²) >= 11 is 1.30. The summed E-state index contributed by atoms with van der Waals surface area (Å²) in [5, 5.41) is 51.6. The molecule has 0 saturated carbocycles. The number of thiophene rings is 1. The summed E-state index contributed by atoms with van der Waals surface area (Å²) in [4.78, 5) is 58.8.